The van der Waals surface area contributed by atoms with Gasteiger partial charge < -0.3 is 15.6 Å². The van der Waals surface area contributed by atoms with Crippen molar-refractivity contribution in [3.8, 4) is 0 Å². The molecule has 2 heterocycles. The fourth-order valence-electron chi connectivity index (χ4n) is 2.84. The SMILES string of the molecule is Cc1cc(C)c(C(=O)N2CCC(C)CC2CN)[nH]1. The van der Waals surface area contributed by atoms with E-state index in [9.17, 15) is 4.79 Å². The van der Waals surface area contributed by atoms with Crippen LogP contribution in [0.5, 0.6) is 0 Å². The van der Waals surface area contributed by atoms with Crippen LogP contribution in [0.2, 0.25) is 0 Å². The molecule has 0 bridgehead atoms. The standard InChI is InChI=1S/C14H23N3O/c1-9-4-5-17(12(6-9)8-15)14(18)13-10(2)7-11(3)16-13/h7,9,12,16H,4-6,8,15H2,1-3H3. The van der Waals surface area contributed by atoms with Gasteiger partial charge in [0, 0.05) is 24.8 Å². The number of piperidine rings is 1. The Morgan fingerprint density at radius 3 is 2.83 bits per heavy atom. The van der Waals surface area contributed by atoms with Crippen molar-refractivity contribution in [3.05, 3.63) is 23.0 Å². The second kappa shape index (κ2) is 5.14. The Kier molecular flexibility index (Phi) is 3.76. The highest BCUT2D eigenvalue weighted by molar-refractivity contribution is 5.94. The smallest absolute Gasteiger partial charge is 0.270 e. The van der Waals surface area contributed by atoms with Crippen LogP contribution in [0.15, 0.2) is 6.07 Å². The predicted octanol–water partition coefficient (Wildman–Crippen LogP) is 1.83. The zero-order valence-electron chi connectivity index (χ0n) is 11.5. The highest BCUT2D eigenvalue weighted by Gasteiger charge is 2.30. The van der Waals surface area contributed by atoms with E-state index in [1.165, 1.54) is 0 Å². The summed E-state index contributed by atoms with van der Waals surface area (Å²) in [5.74, 6) is 0.761. The fourth-order valence-corrected chi connectivity index (χ4v) is 2.84. The van der Waals surface area contributed by atoms with E-state index in [4.69, 9.17) is 5.73 Å². The van der Waals surface area contributed by atoms with Gasteiger partial charge in [0.25, 0.3) is 5.91 Å². The Labute approximate surface area is 109 Å². The summed E-state index contributed by atoms with van der Waals surface area (Å²) in [4.78, 5) is 17.7. The molecule has 18 heavy (non-hydrogen) atoms. The lowest BCUT2D eigenvalue weighted by atomic mass is 9.92. The summed E-state index contributed by atoms with van der Waals surface area (Å²) < 4.78 is 0. The Morgan fingerprint density at radius 2 is 2.28 bits per heavy atom. The summed E-state index contributed by atoms with van der Waals surface area (Å²) in [6.07, 6.45) is 2.09. The number of amides is 1. The Morgan fingerprint density at radius 1 is 1.56 bits per heavy atom. The molecular formula is C14H23N3O. The molecule has 1 aliphatic rings. The third-order valence-corrected chi connectivity index (χ3v) is 3.87. The van der Waals surface area contributed by atoms with E-state index in [2.05, 4.69) is 11.9 Å². The number of likely N-dealkylation sites (tertiary alicyclic amines) is 1. The normalized spacial score (nSPS) is 24.3. The molecule has 0 aromatic carbocycles. The fraction of sp³-hybridized carbons (Fsp3) is 0.643. The van der Waals surface area contributed by atoms with Gasteiger partial charge in [-0.05, 0) is 44.2 Å². The van der Waals surface area contributed by atoms with Crippen LogP contribution in [0.25, 0.3) is 0 Å². The number of rotatable bonds is 2. The van der Waals surface area contributed by atoms with Crippen LogP contribution in [0, 0.1) is 19.8 Å². The molecule has 4 nitrogen and oxygen atoms in total. The maximum absolute atomic E-state index is 12.5. The molecule has 1 saturated heterocycles. The van der Waals surface area contributed by atoms with Crippen molar-refractivity contribution in [2.75, 3.05) is 13.1 Å². The van der Waals surface area contributed by atoms with Crippen molar-refractivity contribution in [3.63, 3.8) is 0 Å². The van der Waals surface area contributed by atoms with E-state index in [0.29, 0.717) is 12.5 Å². The second-order valence-electron chi connectivity index (χ2n) is 5.53. The van der Waals surface area contributed by atoms with Crippen LogP contribution < -0.4 is 5.73 Å². The van der Waals surface area contributed by atoms with E-state index in [0.717, 1.165) is 36.3 Å². The van der Waals surface area contributed by atoms with E-state index in [-0.39, 0.29) is 11.9 Å². The number of carbonyl (C=O) groups excluding carboxylic acids is 1. The van der Waals surface area contributed by atoms with Gasteiger partial charge in [-0.2, -0.15) is 0 Å². The first kappa shape index (κ1) is 13.1. The summed E-state index contributed by atoms with van der Waals surface area (Å²) in [6.45, 7) is 7.55. The summed E-state index contributed by atoms with van der Waals surface area (Å²) in [5, 5.41) is 0. The minimum absolute atomic E-state index is 0.1000. The lowest BCUT2D eigenvalue weighted by Gasteiger charge is -2.37. The molecular weight excluding hydrogens is 226 g/mol. The third-order valence-electron chi connectivity index (χ3n) is 3.87. The number of hydrogen-bond acceptors (Lipinski definition) is 2. The van der Waals surface area contributed by atoms with E-state index in [1.54, 1.807) is 0 Å². The molecule has 3 N–H and O–H groups in total. The summed E-state index contributed by atoms with van der Waals surface area (Å²) >= 11 is 0. The Hall–Kier alpha value is -1.29. The molecule has 0 radical (unpaired) electrons. The highest BCUT2D eigenvalue weighted by Crippen LogP contribution is 2.24. The first-order chi connectivity index (χ1) is 8.52. The van der Waals surface area contributed by atoms with E-state index >= 15 is 0 Å². The van der Waals surface area contributed by atoms with Crippen molar-refractivity contribution in [2.24, 2.45) is 11.7 Å². The van der Waals surface area contributed by atoms with Gasteiger partial charge in [0.2, 0.25) is 0 Å². The van der Waals surface area contributed by atoms with Gasteiger partial charge in [-0.15, -0.1) is 0 Å². The van der Waals surface area contributed by atoms with Crippen LogP contribution in [-0.4, -0.2) is 34.9 Å². The van der Waals surface area contributed by atoms with Crippen molar-refractivity contribution in [1.29, 1.82) is 0 Å². The number of nitrogens with one attached hydrogen (secondary N) is 1. The molecule has 2 rings (SSSR count). The molecule has 0 spiro atoms. The van der Waals surface area contributed by atoms with Gasteiger partial charge >= 0.3 is 0 Å². The number of carbonyl (C=O) groups is 1. The minimum Gasteiger partial charge on any atom is -0.354 e. The number of H-pyrrole nitrogens is 1. The van der Waals surface area contributed by atoms with Crippen LogP contribution >= 0.6 is 0 Å². The topological polar surface area (TPSA) is 62.1 Å². The van der Waals surface area contributed by atoms with Gasteiger partial charge in [-0.25, -0.2) is 0 Å². The number of nitrogens with two attached hydrogens (primary N) is 1. The van der Waals surface area contributed by atoms with Crippen molar-refractivity contribution in [2.45, 2.75) is 39.7 Å². The average molecular weight is 249 g/mol. The second-order valence-corrected chi connectivity index (χ2v) is 5.53. The molecule has 1 fully saturated rings. The first-order valence-electron chi connectivity index (χ1n) is 6.70. The molecule has 0 saturated carbocycles. The maximum Gasteiger partial charge on any atom is 0.270 e. The lowest BCUT2D eigenvalue weighted by Crippen LogP contribution is -2.49. The van der Waals surface area contributed by atoms with Gasteiger partial charge in [0.1, 0.15) is 5.69 Å². The largest absolute Gasteiger partial charge is 0.354 e. The maximum atomic E-state index is 12.5. The molecule has 2 atom stereocenters. The summed E-state index contributed by atoms with van der Waals surface area (Å²) in [6, 6.07) is 2.20. The van der Waals surface area contributed by atoms with Gasteiger partial charge in [-0.1, -0.05) is 6.92 Å². The Bertz CT molecular complexity index is 438. The zero-order valence-corrected chi connectivity index (χ0v) is 11.5. The number of hydrogen-bond donors (Lipinski definition) is 2. The number of aryl methyl sites for hydroxylation is 2. The lowest BCUT2D eigenvalue weighted by molar-refractivity contribution is 0.0567. The monoisotopic (exact) mass is 249 g/mol. The van der Waals surface area contributed by atoms with Gasteiger partial charge in [0.15, 0.2) is 0 Å². The molecule has 4 heteroatoms. The highest BCUT2D eigenvalue weighted by atomic mass is 16.2. The molecule has 100 valence electrons. The quantitative estimate of drug-likeness (QED) is 0.840. The number of aromatic amines is 1. The first-order valence-corrected chi connectivity index (χ1v) is 6.70. The summed E-state index contributed by atoms with van der Waals surface area (Å²) in [7, 11) is 0. The Balaban J connectivity index is 2.20. The number of nitrogens with zero attached hydrogens (tertiary/aromatic N) is 1. The van der Waals surface area contributed by atoms with Crippen LogP contribution in [0.1, 0.15) is 41.5 Å². The summed E-state index contributed by atoms with van der Waals surface area (Å²) in [5.41, 5.74) is 8.59. The number of aromatic nitrogens is 1. The van der Waals surface area contributed by atoms with Gasteiger partial charge in [-0.3, -0.25) is 4.79 Å². The average Bonchev–Trinajstić information content (AvgIpc) is 2.67. The third kappa shape index (κ3) is 2.43. The van der Waals surface area contributed by atoms with E-state index < -0.39 is 0 Å². The predicted molar refractivity (Wildman–Crippen MR) is 72.5 cm³/mol. The van der Waals surface area contributed by atoms with Crippen LogP contribution in [0.3, 0.4) is 0 Å². The zero-order chi connectivity index (χ0) is 13.3. The molecule has 0 aliphatic carbocycles. The van der Waals surface area contributed by atoms with E-state index in [1.807, 2.05) is 24.8 Å². The molecule has 1 aromatic rings. The van der Waals surface area contributed by atoms with Crippen molar-refractivity contribution >= 4 is 5.91 Å². The van der Waals surface area contributed by atoms with Crippen LogP contribution in [-0.2, 0) is 0 Å². The minimum atomic E-state index is 0.1000. The van der Waals surface area contributed by atoms with Gasteiger partial charge in [0.05, 0.1) is 0 Å². The van der Waals surface area contributed by atoms with Crippen molar-refractivity contribution < 1.29 is 4.79 Å². The molecule has 1 amide bonds. The molecule has 1 aliphatic heterocycles. The van der Waals surface area contributed by atoms with Crippen LogP contribution in [0.4, 0.5) is 0 Å². The molecule has 1 aromatic heterocycles. The van der Waals surface area contributed by atoms with Crippen molar-refractivity contribution in [1.82, 2.24) is 9.88 Å². The molecule has 2 unspecified atom stereocenters.